The van der Waals surface area contributed by atoms with Crippen LogP contribution in [-0.4, -0.2) is 29.5 Å². The van der Waals surface area contributed by atoms with E-state index in [4.69, 9.17) is 22.1 Å². The summed E-state index contributed by atoms with van der Waals surface area (Å²) < 4.78 is 4.86. The Morgan fingerprint density at radius 1 is 1.67 bits per heavy atom. The van der Waals surface area contributed by atoms with E-state index in [1.165, 1.54) is 13.2 Å². The van der Waals surface area contributed by atoms with Crippen LogP contribution in [-0.2, 0) is 16.1 Å². The van der Waals surface area contributed by atoms with E-state index in [-0.39, 0.29) is 18.3 Å². The molecule has 1 aromatic rings. The Labute approximate surface area is 91.8 Å². The molecule has 15 heavy (non-hydrogen) atoms. The molecule has 0 saturated heterocycles. The molecule has 82 valence electrons. The van der Waals surface area contributed by atoms with Crippen LogP contribution in [0.25, 0.3) is 0 Å². The molecule has 0 bridgehead atoms. The van der Waals surface area contributed by atoms with Gasteiger partial charge in [-0.15, -0.1) is 0 Å². The van der Waals surface area contributed by atoms with E-state index in [0.717, 1.165) is 0 Å². The largest absolute Gasteiger partial charge is 0.377 e. The lowest BCUT2D eigenvalue weighted by molar-refractivity contribution is -0.116. The minimum Gasteiger partial charge on any atom is -0.377 e. The van der Waals surface area contributed by atoms with Crippen molar-refractivity contribution in [3.05, 3.63) is 17.0 Å². The molecular weight excluding hydrogens is 220 g/mol. The van der Waals surface area contributed by atoms with E-state index in [0.29, 0.717) is 11.6 Å². The Morgan fingerprint density at radius 2 is 2.40 bits per heavy atom. The van der Waals surface area contributed by atoms with Crippen LogP contribution in [0.15, 0.2) is 6.07 Å². The zero-order valence-electron chi connectivity index (χ0n) is 8.16. The zero-order chi connectivity index (χ0) is 11.3. The maximum absolute atomic E-state index is 10.5. The quantitative estimate of drug-likeness (QED) is 0.704. The lowest BCUT2D eigenvalue weighted by atomic mass is 10.5. The van der Waals surface area contributed by atoms with Gasteiger partial charge in [-0.1, -0.05) is 11.6 Å². The molecule has 0 unspecified atom stereocenters. The highest BCUT2D eigenvalue weighted by Gasteiger charge is 2.03. The van der Waals surface area contributed by atoms with Crippen LogP contribution in [0, 0.1) is 0 Å². The first-order chi connectivity index (χ1) is 7.11. The topological polar surface area (TPSA) is 90.1 Å². The number of primary amides is 1. The third kappa shape index (κ3) is 4.09. The van der Waals surface area contributed by atoms with Gasteiger partial charge in [0.15, 0.2) is 5.82 Å². The molecule has 0 aliphatic rings. The van der Waals surface area contributed by atoms with Gasteiger partial charge in [0.25, 0.3) is 0 Å². The molecule has 1 amide bonds. The summed E-state index contributed by atoms with van der Waals surface area (Å²) in [6, 6.07) is 1.50. The van der Waals surface area contributed by atoms with Crippen molar-refractivity contribution in [3.8, 4) is 0 Å². The van der Waals surface area contributed by atoms with Crippen molar-refractivity contribution in [3.63, 3.8) is 0 Å². The van der Waals surface area contributed by atoms with E-state index < -0.39 is 5.91 Å². The molecule has 6 nitrogen and oxygen atoms in total. The average molecular weight is 231 g/mol. The molecule has 0 radical (unpaired) electrons. The van der Waals surface area contributed by atoms with Gasteiger partial charge in [-0.25, -0.2) is 9.97 Å². The summed E-state index contributed by atoms with van der Waals surface area (Å²) in [7, 11) is 1.53. The number of anilines is 1. The number of halogens is 1. The zero-order valence-corrected chi connectivity index (χ0v) is 8.91. The van der Waals surface area contributed by atoms with E-state index >= 15 is 0 Å². The minimum atomic E-state index is -0.474. The van der Waals surface area contributed by atoms with Gasteiger partial charge in [0.2, 0.25) is 5.91 Å². The number of nitrogens with one attached hydrogen (secondary N) is 1. The third-order valence-electron chi connectivity index (χ3n) is 1.46. The first kappa shape index (κ1) is 11.7. The Hall–Kier alpha value is -1.40. The summed E-state index contributed by atoms with van der Waals surface area (Å²) in [4.78, 5) is 18.5. The van der Waals surface area contributed by atoms with E-state index in [1.54, 1.807) is 0 Å². The van der Waals surface area contributed by atoms with Crippen molar-refractivity contribution < 1.29 is 9.53 Å². The maximum atomic E-state index is 10.5. The smallest absolute Gasteiger partial charge is 0.236 e. The number of hydrogen-bond acceptors (Lipinski definition) is 5. The normalized spacial score (nSPS) is 10.0. The molecule has 0 aromatic carbocycles. The number of nitrogens with two attached hydrogens (primary N) is 1. The maximum Gasteiger partial charge on any atom is 0.236 e. The second kappa shape index (κ2) is 5.47. The number of nitrogens with zero attached hydrogens (tertiary/aromatic N) is 2. The van der Waals surface area contributed by atoms with Crippen LogP contribution >= 0.6 is 11.6 Å². The van der Waals surface area contributed by atoms with Gasteiger partial charge < -0.3 is 15.8 Å². The summed E-state index contributed by atoms with van der Waals surface area (Å²) in [5.74, 6) is 0.413. The Balaban J connectivity index is 2.74. The summed E-state index contributed by atoms with van der Waals surface area (Å²) in [6.45, 7) is 0.256. The number of carbonyl (C=O) groups excluding carboxylic acids is 1. The molecule has 1 aromatic heterocycles. The van der Waals surface area contributed by atoms with Gasteiger partial charge in [0.1, 0.15) is 17.6 Å². The fourth-order valence-electron chi connectivity index (χ4n) is 0.927. The number of hydrogen-bond donors (Lipinski definition) is 2. The second-order valence-electron chi connectivity index (χ2n) is 2.75. The molecule has 1 rings (SSSR count). The first-order valence-corrected chi connectivity index (χ1v) is 4.54. The van der Waals surface area contributed by atoms with Crippen molar-refractivity contribution in [2.75, 3.05) is 19.0 Å². The number of aromatic nitrogens is 2. The van der Waals surface area contributed by atoms with Gasteiger partial charge in [0, 0.05) is 13.2 Å². The van der Waals surface area contributed by atoms with E-state index in [1.807, 2.05) is 0 Å². The predicted molar refractivity (Wildman–Crippen MR) is 55.4 cm³/mol. The van der Waals surface area contributed by atoms with Gasteiger partial charge >= 0.3 is 0 Å². The molecule has 0 saturated carbocycles. The number of ether oxygens (including phenoxy) is 1. The van der Waals surface area contributed by atoms with Crippen LogP contribution in [0.2, 0.25) is 5.15 Å². The SMILES string of the molecule is COCc1nc(Cl)cc(NCC(N)=O)n1. The molecule has 0 spiro atoms. The van der Waals surface area contributed by atoms with Crippen molar-refractivity contribution >= 4 is 23.3 Å². The Morgan fingerprint density at radius 3 is 3.00 bits per heavy atom. The summed E-state index contributed by atoms with van der Waals surface area (Å²) in [5.41, 5.74) is 4.97. The summed E-state index contributed by atoms with van der Waals surface area (Å²) in [6.07, 6.45) is 0. The van der Waals surface area contributed by atoms with E-state index in [9.17, 15) is 4.79 Å². The van der Waals surface area contributed by atoms with Crippen LogP contribution in [0.4, 0.5) is 5.82 Å². The van der Waals surface area contributed by atoms with E-state index in [2.05, 4.69) is 15.3 Å². The predicted octanol–water partition coefficient (Wildman–Crippen LogP) is 0.174. The van der Waals surface area contributed by atoms with Crippen molar-refractivity contribution in [2.45, 2.75) is 6.61 Å². The average Bonchev–Trinajstić information content (AvgIpc) is 2.14. The highest BCUT2D eigenvalue weighted by Crippen LogP contribution is 2.11. The van der Waals surface area contributed by atoms with Crippen LogP contribution in [0.5, 0.6) is 0 Å². The van der Waals surface area contributed by atoms with Gasteiger partial charge in [0.05, 0.1) is 6.54 Å². The Bertz CT molecular complexity index is 358. The summed E-state index contributed by atoms with van der Waals surface area (Å²) in [5, 5.41) is 3.00. The van der Waals surface area contributed by atoms with Crippen LogP contribution in [0.1, 0.15) is 5.82 Å². The van der Waals surface area contributed by atoms with Crippen molar-refractivity contribution in [2.24, 2.45) is 5.73 Å². The standard InChI is InChI=1S/C8H11ClN4O2/c1-15-4-8-12-5(9)2-7(13-8)11-3-6(10)14/h2H,3-4H2,1H3,(H2,10,14)(H,11,12,13). The van der Waals surface area contributed by atoms with Gasteiger partial charge in [-0.2, -0.15) is 0 Å². The van der Waals surface area contributed by atoms with Crippen LogP contribution < -0.4 is 11.1 Å². The van der Waals surface area contributed by atoms with Crippen molar-refractivity contribution in [1.29, 1.82) is 0 Å². The van der Waals surface area contributed by atoms with Gasteiger partial charge in [-0.05, 0) is 0 Å². The fourth-order valence-corrected chi connectivity index (χ4v) is 1.13. The summed E-state index contributed by atoms with van der Waals surface area (Å²) >= 11 is 5.74. The minimum absolute atomic E-state index is 0.000234. The molecule has 0 atom stereocenters. The molecular formula is C8H11ClN4O2. The van der Waals surface area contributed by atoms with Crippen molar-refractivity contribution in [1.82, 2.24) is 9.97 Å². The lowest BCUT2D eigenvalue weighted by Gasteiger charge is -2.05. The third-order valence-corrected chi connectivity index (χ3v) is 1.65. The molecule has 0 fully saturated rings. The number of amides is 1. The number of carbonyl (C=O) groups is 1. The number of methoxy groups -OCH3 is 1. The van der Waals surface area contributed by atoms with Crippen LogP contribution in [0.3, 0.4) is 0 Å². The molecule has 3 N–H and O–H groups in total. The molecule has 0 aliphatic heterocycles. The highest BCUT2D eigenvalue weighted by atomic mass is 35.5. The molecule has 0 aliphatic carbocycles. The lowest BCUT2D eigenvalue weighted by Crippen LogP contribution is -2.22. The monoisotopic (exact) mass is 230 g/mol. The second-order valence-corrected chi connectivity index (χ2v) is 3.13. The fraction of sp³-hybridized carbons (Fsp3) is 0.375. The number of rotatable bonds is 5. The molecule has 1 heterocycles. The Kier molecular flexibility index (Phi) is 4.26. The van der Waals surface area contributed by atoms with Gasteiger partial charge in [-0.3, -0.25) is 4.79 Å². The highest BCUT2D eigenvalue weighted by molar-refractivity contribution is 6.29. The molecule has 7 heteroatoms. The first-order valence-electron chi connectivity index (χ1n) is 4.16.